The Kier molecular flexibility index (Phi) is 5.13. The Morgan fingerprint density at radius 1 is 1.26 bits per heavy atom. The fraction of sp³-hybridized carbons (Fsp3) is 0.312. The van der Waals surface area contributed by atoms with E-state index in [0.717, 1.165) is 5.56 Å². The van der Waals surface area contributed by atoms with Crippen LogP contribution in [0.15, 0.2) is 40.8 Å². The van der Waals surface area contributed by atoms with Gasteiger partial charge in [0.05, 0.1) is 11.5 Å². The third-order valence-corrected chi connectivity index (χ3v) is 3.45. The van der Waals surface area contributed by atoms with E-state index in [-0.39, 0.29) is 11.6 Å². The lowest BCUT2D eigenvalue weighted by atomic mass is 10.1. The quantitative estimate of drug-likeness (QED) is 0.600. The summed E-state index contributed by atoms with van der Waals surface area (Å²) in [5, 5.41) is 22.7. The average molecular weight is 318 g/mol. The molecule has 0 saturated heterocycles. The third kappa shape index (κ3) is 4.17. The SMILES string of the molecule is CC(C)[C@@H](NCc1ccc(-c2ccc([N+](=O)[O-])cc2)o1)C(=O)O. The number of nitrogens with one attached hydrogen (secondary N) is 1. The first-order valence-corrected chi connectivity index (χ1v) is 7.18. The summed E-state index contributed by atoms with van der Waals surface area (Å²) in [4.78, 5) is 21.3. The first-order chi connectivity index (χ1) is 10.9. The Morgan fingerprint density at radius 2 is 1.91 bits per heavy atom. The van der Waals surface area contributed by atoms with Crippen molar-refractivity contribution < 1.29 is 19.2 Å². The summed E-state index contributed by atoms with van der Waals surface area (Å²) >= 11 is 0. The minimum absolute atomic E-state index is 0.0171. The van der Waals surface area contributed by atoms with Crippen molar-refractivity contribution >= 4 is 11.7 Å². The second-order valence-corrected chi connectivity index (χ2v) is 5.51. The van der Waals surface area contributed by atoms with Gasteiger partial charge >= 0.3 is 5.97 Å². The molecule has 1 atom stereocenters. The summed E-state index contributed by atoms with van der Waals surface area (Å²) in [5.74, 6) is 0.233. The van der Waals surface area contributed by atoms with Crippen molar-refractivity contribution in [2.45, 2.75) is 26.4 Å². The van der Waals surface area contributed by atoms with Gasteiger partial charge in [-0.3, -0.25) is 20.2 Å². The molecule has 2 N–H and O–H groups in total. The maximum absolute atomic E-state index is 11.1. The monoisotopic (exact) mass is 318 g/mol. The topological polar surface area (TPSA) is 106 Å². The van der Waals surface area contributed by atoms with Crippen LogP contribution in [-0.2, 0) is 11.3 Å². The molecule has 7 heteroatoms. The van der Waals surface area contributed by atoms with Crippen LogP contribution >= 0.6 is 0 Å². The number of non-ortho nitro benzene ring substituents is 1. The van der Waals surface area contributed by atoms with E-state index >= 15 is 0 Å². The molecule has 1 heterocycles. The van der Waals surface area contributed by atoms with Crippen molar-refractivity contribution in [3.05, 3.63) is 52.3 Å². The van der Waals surface area contributed by atoms with E-state index in [2.05, 4.69) is 5.32 Å². The number of nitrogens with zero attached hydrogens (tertiary/aromatic N) is 1. The van der Waals surface area contributed by atoms with Crippen LogP contribution in [0.1, 0.15) is 19.6 Å². The van der Waals surface area contributed by atoms with Gasteiger partial charge < -0.3 is 9.52 Å². The highest BCUT2D eigenvalue weighted by Gasteiger charge is 2.21. The van der Waals surface area contributed by atoms with Crippen molar-refractivity contribution in [2.75, 3.05) is 0 Å². The molecule has 0 unspecified atom stereocenters. The molecule has 0 spiro atoms. The number of hydrogen-bond donors (Lipinski definition) is 2. The minimum atomic E-state index is -0.901. The lowest BCUT2D eigenvalue weighted by molar-refractivity contribution is -0.384. The molecule has 0 aliphatic carbocycles. The Labute approximate surface area is 133 Å². The van der Waals surface area contributed by atoms with Gasteiger partial charge in [-0.1, -0.05) is 13.8 Å². The van der Waals surface area contributed by atoms with Crippen molar-refractivity contribution in [2.24, 2.45) is 5.92 Å². The van der Waals surface area contributed by atoms with E-state index < -0.39 is 16.9 Å². The molecule has 0 bridgehead atoms. The van der Waals surface area contributed by atoms with Crippen molar-refractivity contribution in [1.29, 1.82) is 0 Å². The van der Waals surface area contributed by atoms with Gasteiger partial charge in [-0.05, 0) is 30.2 Å². The fourth-order valence-electron chi connectivity index (χ4n) is 2.19. The predicted molar refractivity (Wildman–Crippen MR) is 83.9 cm³/mol. The highest BCUT2D eigenvalue weighted by atomic mass is 16.6. The van der Waals surface area contributed by atoms with Crippen molar-refractivity contribution in [1.82, 2.24) is 5.32 Å². The van der Waals surface area contributed by atoms with E-state index in [4.69, 9.17) is 9.52 Å². The van der Waals surface area contributed by atoms with Crippen LogP contribution in [0.3, 0.4) is 0 Å². The highest BCUT2D eigenvalue weighted by molar-refractivity contribution is 5.73. The Balaban J connectivity index is 2.05. The van der Waals surface area contributed by atoms with Crippen LogP contribution in [0.25, 0.3) is 11.3 Å². The standard InChI is InChI=1S/C16H18N2O5/c1-10(2)15(16(19)20)17-9-13-7-8-14(23-13)11-3-5-12(6-4-11)18(21)22/h3-8,10,15,17H,9H2,1-2H3,(H,19,20)/t15-/m1/s1. The first-order valence-electron chi connectivity index (χ1n) is 7.18. The van der Waals surface area contributed by atoms with Crippen molar-refractivity contribution in [3.8, 4) is 11.3 Å². The van der Waals surface area contributed by atoms with Gasteiger partial charge in [-0.2, -0.15) is 0 Å². The zero-order valence-corrected chi connectivity index (χ0v) is 12.9. The normalized spacial score (nSPS) is 12.3. The van der Waals surface area contributed by atoms with Gasteiger partial charge in [0.2, 0.25) is 0 Å². The maximum atomic E-state index is 11.1. The van der Waals surface area contributed by atoms with E-state index in [0.29, 0.717) is 18.1 Å². The van der Waals surface area contributed by atoms with Crippen LogP contribution in [0.5, 0.6) is 0 Å². The van der Waals surface area contributed by atoms with Gasteiger partial charge in [-0.15, -0.1) is 0 Å². The van der Waals surface area contributed by atoms with Crippen LogP contribution in [0, 0.1) is 16.0 Å². The molecule has 1 aromatic heterocycles. The largest absolute Gasteiger partial charge is 0.480 e. The van der Waals surface area contributed by atoms with E-state index in [1.54, 1.807) is 24.3 Å². The molecule has 23 heavy (non-hydrogen) atoms. The molecular weight excluding hydrogens is 300 g/mol. The highest BCUT2D eigenvalue weighted by Crippen LogP contribution is 2.24. The van der Waals surface area contributed by atoms with Crippen LogP contribution in [0.2, 0.25) is 0 Å². The molecule has 0 amide bonds. The molecule has 7 nitrogen and oxygen atoms in total. The number of carboxylic acid groups (broad SMARTS) is 1. The summed E-state index contributed by atoms with van der Waals surface area (Å²) in [7, 11) is 0. The van der Waals surface area contributed by atoms with Gasteiger partial charge in [0.15, 0.2) is 0 Å². The molecule has 122 valence electrons. The molecule has 0 aliphatic rings. The predicted octanol–water partition coefficient (Wildman–Crippen LogP) is 3.05. The number of nitro groups is 1. The molecule has 2 rings (SSSR count). The lowest BCUT2D eigenvalue weighted by Gasteiger charge is -2.16. The van der Waals surface area contributed by atoms with Gasteiger partial charge in [0, 0.05) is 17.7 Å². The number of carbonyl (C=O) groups is 1. The molecule has 2 aromatic rings. The summed E-state index contributed by atoms with van der Waals surface area (Å²) in [6.45, 7) is 3.95. The fourth-order valence-corrected chi connectivity index (χ4v) is 2.19. The molecular formula is C16H18N2O5. The number of hydrogen-bond acceptors (Lipinski definition) is 5. The van der Waals surface area contributed by atoms with Crippen LogP contribution in [0.4, 0.5) is 5.69 Å². The Morgan fingerprint density at radius 3 is 2.43 bits per heavy atom. The second kappa shape index (κ2) is 7.06. The maximum Gasteiger partial charge on any atom is 0.320 e. The van der Waals surface area contributed by atoms with E-state index in [9.17, 15) is 14.9 Å². The molecule has 0 fully saturated rings. The molecule has 0 aliphatic heterocycles. The van der Waals surface area contributed by atoms with E-state index in [1.165, 1.54) is 12.1 Å². The smallest absolute Gasteiger partial charge is 0.320 e. The summed E-state index contributed by atoms with van der Waals surface area (Å²) in [5.41, 5.74) is 0.740. The van der Waals surface area contributed by atoms with Gasteiger partial charge in [0.25, 0.3) is 5.69 Å². The number of aliphatic carboxylic acids is 1. The molecule has 0 radical (unpaired) electrons. The minimum Gasteiger partial charge on any atom is -0.480 e. The zero-order valence-electron chi connectivity index (χ0n) is 12.9. The zero-order chi connectivity index (χ0) is 17.0. The number of furan rings is 1. The molecule has 0 saturated carbocycles. The number of nitro benzene ring substituents is 1. The van der Waals surface area contributed by atoms with Crippen LogP contribution in [-0.4, -0.2) is 22.0 Å². The summed E-state index contributed by atoms with van der Waals surface area (Å²) < 4.78 is 5.65. The van der Waals surface area contributed by atoms with Crippen LogP contribution < -0.4 is 5.32 Å². The average Bonchev–Trinajstić information content (AvgIpc) is 2.95. The first kappa shape index (κ1) is 16.7. The Hall–Kier alpha value is -2.67. The van der Waals surface area contributed by atoms with Gasteiger partial charge in [-0.25, -0.2) is 0 Å². The second-order valence-electron chi connectivity index (χ2n) is 5.51. The lowest BCUT2D eigenvalue weighted by Crippen LogP contribution is -2.40. The van der Waals surface area contributed by atoms with E-state index in [1.807, 2.05) is 13.8 Å². The Bertz CT molecular complexity index is 691. The summed E-state index contributed by atoms with van der Waals surface area (Å²) in [6, 6.07) is 8.91. The third-order valence-electron chi connectivity index (χ3n) is 3.45. The number of carboxylic acids is 1. The summed E-state index contributed by atoms with van der Waals surface area (Å²) in [6.07, 6.45) is 0. The number of benzene rings is 1. The molecule has 1 aromatic carbocycles. The number of rotatable bonds is 7. The van der Waals surface area contributed by atoms with Crippen molar-refractivity contribution in [3.63, 3.8) is 0 Å². The van der Waals surface area contributed by atoms with Gasteiger partial charge in [0.1, 0.15) is 17.6 Å².